The minimum atomic E-state index is -0.152. The summed E-state index contributed by atoms with van der Waals surface area (Å²) in [5.41, 5.74) is 6.45. The van der Waals surface area contributed by atoms with Gasteiger partial charge in [0.25, 0.3) is 5.91 Å². The smallest absolute Gasteiger partial charge is 0.255 e. The first-order valence-electron chi connectivity index (χ1n) is 12.4. The van der Waals surface area contributed by atoms with Crippen molar-refractivity contribution < 1.29 is 26.5 Å². The minimum absolute atomic E-state index is 0. The first-order valence-corrected chi connectivity index (χ1v) is 12.4. The Morgan fingerprint density at radius 1 is 0.947 bits per heavy atom. The highest BCUT2D eigenvalue weighted by Gasteiger charge is 2.19. The highest BCUT2D eigenvalue weighted by molar-refractivity contribution is 6.04. The number of hydrogen-bond donors (Lipinski definition) is 1. The molecule has 0 atom stereocenters. The number of amides is 1. The van der Waals surface area contributed by atoms with E-state index >= 15 is 0 Å². The van der Waals surface area contributed by atoms with Gasteiger partial charge in [-0.15, -0.1) is 0 Å². The molecule has 4 aromatic rings. The predicted molar refractivity (Wildman–Crippen MR) is 145 cm³/mol. The summed E-state index contributed by atoms with van der Waals surface area (Å²) in [5.74, 6) is 1.77. The van der Waals surface area contributed by atoms with Crippen molar-refractivity contribution in [3.05, 3.63) is 77.7 Å². The quantitative estimate of drug-likeness (QED) is 0.407. The molecule has 1 aromatic heterocycles. The zero-order valence-electron chi connectivity index (χ0n) is 22.0. The van der Waals surface area contributed by atoms with Crippen molar-refractivity contribution in [3.63, 3.8) is 0 Å². The number of carbonyl (C=O) groups excluding carboxylic acids is 1. The van der Waals surface area contributed by atoms with Crippen LogP contribution >= 0.6 is 0 Å². The van der Waals surface area contributed by atoms with Gasteiger partial charge in [-0.1, -0.05) is 29.4 Å². The Hall–Kier alpha value is -3.88. The van der Waals surface area contributed by atoms with E-state index in [9.17, 15) is 4.79 Å². The number of nitrogens with zero attached hydrogens (tertiary/aromatic N) is 4. The van der Waals surface area contributed by atoms with Gasteiger partial charge < -0.3 is 36.8 Å². The zero-order valence-corrected chi connectivity index (χ0v) is 22.7. The Morgan fingerprint density at radius 3 is 2.29 bits per heavy atom. The molecule has 198 valence electrons. The van der Waals surface area contributed by atoms with Gasteiger partial charge in [0.05, 0.1) is 12.8 Å². The van der Waals surface area contributed by atoms with Gasteiger partial charge in [0.1, 0.15) is 5.75 Å². The third-order valence-corrected chi connectivity index (χ3v) is 6.75. The number of likely N-dealkylation sites (N-methyl/N-ethyl adjacent to an activating group) is 1. The van der Waals surface area contributed by atoms with E-state index in [-0.39, 0.29) is 18.3 Å². The van der Waals surface area contributed by atoms with Gasteiger partial charge in [0, 0.05) is 49.9 Å². The molecular weight excluding hydrogens is 502 g/mol. The summed E-state index contributed by atoms with van der Waals surface area (Å²) in [6, 6.07) is 19.5. The van der Waals surface area contributed by atoms with Crippen LogP contribution in [0.3, 0.4) is 0 Å². The second-order valence-corrected chi connectivity index (χ2v) is 9.38. The summed E-state index contributed by atoms with van der Waals surface area (Å²) < 4.78 is 10.7. The Morgan fingerprint density at radius 2 is 1.66 bits per heavy atom. The number of halogens is 1. The molecule has 2 heterocycles. The number of methoxy groups -OCH3 is 1. The second-order valence-electron chi connectivity index (χ2n) is 9.38. The average molecular weight is 533 g/mol. The first kappa shape index (κ1) is 27.2. The highest BCUT2D eigenvalue weighted by Crippen LogP contribution is 2.32. The fourth-order valence-electron chi connectivity index (χ4n) is 4.61. The number of hydrogen-bond acceptors (Lipinski definition) is 7. The molecule has 1 aliphatic rings. The van der Waals surface area contributed by atoms with E-state index in [1.807, 2.05) is 67.6 Å². The Kier molecular flexibility index (Phi) is 8.34. The summed E-state index contributed by atoms with van der Waals surface area (Å²) in [4.78, 5) is 21.9. The molecule has 1 aliphatic heterocycles. The molecule has 1 amide bonds. The van der Waals surface area contributed by atoms with Crippen molar-refractivity contribution in [2.24, 2.45) is 0 Å². The number of anilines is 2. The van der Waals surface area contributed by atoms with Crippen LogP contribution < -0.4 is 27.4 Å². The molecule has 1 saturated heterocycles. The van der Waals surface area contributed by atoms with Crippen LogP contribution in [0, 0.1) is 13.8 Å². The monoisotopic (exact) mass is 532 g/mol. The van der Waals surface area contributed by atoms with E-state index in [1.54, 1.807) is 14.0 Å². The fourth-order valence-corrected chi connectivity index (χ4v) is 4.61. The number of rotatable bonds is 6. The second kappa shape index (κ2) is 11.7. The van der Waals surface area contributed by atoms with Crippen LogP contribution in [0.15, 0.2) is 65.2 Å². The van der Waals surface area contributed by atoms with Crippen molar-refractivity contribution in [2.75, 3.05) is 50.6 Å². The number of aryl methyl sites for hydroxylation is 2. The number of aromatic nitrogens is 2. The topological polar surface area (TPSA) is 83.7 Å². The molecule has 0 unspecified atom stereocenters. The summed E-state index contributed by atoms with van der Waals surface area (Å²) in [5, 5.41) is 7.04. The molecule has 38 heavy (non-hydrogen) atoms. The van der Waals surface area contributed by atoms with Crippen LogP contribution in [0.5, 0.6) is 5.75 Å². The van der Waals surface area contributed by atoms with E-state index in [4.69, 9.17) is 9.26 Å². The third kappa shape index (κ3) is 5.82. The molecule has 5 rings (SSSR count). The van der Waals surface area contributed by atoms with Crippen LogP contribution in [0.2, 0.25) is 0 Å². The predicted octanol–water partition coefficient (Wildman–Crippen LogP) is 2.04. The molecule has 9 heteroatoms. The number of carbonyl (C=O) groups is 1. The molecule has 0 radical (unpaired) electrons. The van der Waals surface area contributed by atoms with Crippen LogP contribution in [-0.4, -0.2) is 61.3 Å². The largest absolute Gasteiger partial charge is 1.00 e. The molecule has 0 saturated carbocycles. The van der Waals surface area contributed by atoms with Crippen molar-refractivity contribution >= 4 is 17.3 Å². The van der Waals surface area contributed by atoms with Crippen LogP contribution in [-0.2, 0) is 0 Å². The molecule has 0 spiro atoms. The van der Waals surface area contributed by atoms with Gasteiger partial charge in [-0.3, -0.25) is 4.79 Å². The maximum Gasteiger partial charge on any atom is 0.255 e. The molecule has 3 aromatic carbocycles. The lowest BCUT2D eigenvalue weighted by Gasteiger charge is -2.34. The average Bonchev–Trinajstić information content (AvgIpc) is 3.35. The lowest BCUT2D eigenvalue weighted by molar-refractivity contribution is -0.0000160. The number of piperazine rings is 1. The lowest BCUT2D eigenvalue weighted by atomic mass is 9.97. The summed E-state index contributed by atoms with van der Waals surface area (Å²) in [7, 11) is 3.81. The van der Waals surface area contributed by atoms with Crippen LogP contribution in [0.1, 0.15) is 21.8 Å². The number of nitrogens with one attached hydrogen (secondary N) is 1. The van der Waals surface area contributed by atoms with E-state index in [2.05, 4.69) is 32.3 Å². The van der Waals surface area contributed by atoms with E-state index < -0.39 is 0 Å². The van der Waals surface area contributed by atoms with E-state index in [0.717, 1.165) is 65.6 Å². The standard InChI is InChI=1S/C29H31N5O3.ClH/c1-19-17-23(28-30-20(2)37-32-28)9-11-25(19)21-5-7-22(8-6-21)29(35)31-24-10-12-27(36-4)26(18-24)34-15-13-33(3)14-16-34;/h5-12,17-18H,13-16H2,1-4H3,(H,31,35);1H/p-1. The SMILES string of the molecule is COc1ccc(NC(=O)c2ccc(-c3ccc(-c4noc(C)n4)cc3C)cc2)cc1N1CCN(C)CC1.[Cl-]. The Balaban J connectivity index is 0.00000336. The van der Waals surface area contributed by atoms with Gasteiger partial charge in [0.15, 0.2) is 0 Å². The molecule has 0 bridgehead atoms. The number of ether oxygens (including phenoxy) is 1. The summed E-state index contributed by atoms with van der Waals surface area (Å²) in [6.45, 7) is 7.64. The van der Waals surface area contributed by atoms with Crippen molar-refractivity contribution in [3.8, 4) is 28.3 Å². The maximum atomic E-state index is 13.0. The first-order chi connectivity index (χ1) is 17.9. The van der Waals surface area contributed by atoms with E-state index in [0.29, 0.717) is 17.3 Å². The molecular formula is C29H31ClN5O3-. The summed E-state index contributed by atoms with van der Waals surface area (Å²) >= 11 is 0. The molecule has 0 aliphatic carbocycles. The molecule has 8 nitrogen and oxygen atoms in total. The Labute approximate surface area is 229 Å². The normalized spacial score (nSPS) is 13.6. The van der Waals surface area contributed by atoms with Gasteiger partial charge in [-0.05, 0) is 67.1 Å². The summed E-state index contributed by atoms with van der Waals surface area (Å²) in [6.07, 6.45) is 0. The Bertz CT molecular complexity index is 1410. The maximum absolute atomic E-state index is 13.0. The van der Waals surface area contributed by atoms with Crippen molar-refractivity contribution in [1.29, 1.82) is 0 Å². The minimum Gasteiger partial charge on any atom is -1.00 e. The van der Waals surface area contributed by atoms with Crippen molar-refractivity contribution in [1.82, 2.24) is 15.0 Å². The van der Waals surface area contributed by atoms with Crippen LogP contribution in [0.4, 0.5) is 11.4 Å². The highest BCUT2D eigenvalue weighted by atomic mass is 35.5. The molecule has 1 fully saturated rings. The fraction of sp³-hybridized carbons (Fsp3) is 0.276. The van der Waals surface area contributed by atoms with Crippen molar-refractivity contribution in [2.45, 2.75) is 13.8 Å². The van der Waals surface area contributed by atoms with E-state index in [1.165, 1.54) is 0 Å². The molecule has 1 N–H and O–H groups in total. The van der Waals surface area contributed by atoms with Gasteiger partial charge in [-0.2, -0.15) is 4.98 Å². The van der Waals surface area contributed by atoms with Gasteiger partial charge in [0.2, 0.25) is 11.7 Å². The van der Waals surface area contributed by atoms with Gasteiger partial charge in [-0.25, -0.2) is 0 Å². The third-order valence-electron chi connectivity index (χ3n) is 6.75. The zero-order chi connectivity index (χ0) is 25.9. The number of benzene rings is 3. The lowest BCUT2D eigenvalue weighted by Crippen LogP contribution is -3.00. The van der Waals surface area contributed by atoms with Gasteiger partial charge >= 0.3 is 0 Å². The van der Waals surface area contributed by atoms with Crippen LogP contribution in [0.25, 0.3) is 22.5 Å².